The number of halogens is 1. The van der Waals surface area contributed by atoms with Crippen molar-refractivity contribution in [3.63, 3.8) is 0 Å². The summed E-state index contributed by atoms with van der Waals surface area (Å²) in [5, 5.41) is 2.80. The summed E-state index contributed by atoms with van der Waals surface area (Å²) in [6.45, 7) is 0.243. The first kappa shape index (κ1) is 16.9. The Labute approximate surface area is 144 Å². The Kier molecular flexibility index (Phi) is 5.20. The van der Waals surface area contributed by atoms with Crippen LogP contribution in [-0.2, 0) is 16.1 Å². The second-order valence-electron chi connectivity index (χ2n) is 5.49. The van der Waals surface area contributed by atoms with E-state index in [1.165, 1.54) is 19.2 Å². The van der Waals surface area contributed by atoms with Gasteiger partial charge in [0.1, 0.15) is 11.6 Å². The maximum absolute atomic E-state index is 13.0. The number of carbonyl (C=O) groups excluding carboxylic acids is 1. The number of amides is 1. The van der Waals surface area contributed by atoms with Crippen LogP contribution in [0.1, 0.15) is 17.5 Å². The van der Waals surface area contributed by atoms with E-state index in [0.29, 0.717) is 5.82 Å². The lowest BCUT2D eigenvalue weighted by Crippen LogP contribution is -2.30. The minimum absolute atomic E-state index is 0.242. The molecule has 1 atom stereocenters. The molecule has 1 aromatic heterocycles. The van der Waals surface area contributed by atoms with E-state index in [-0.39, 0.29) is 18.3 Å². The molecule has 25 heavy (non-hydrogen) atoms. The summed E-state index contributed by atoms with van der Waals surface area (Å²) in [6, 6.07) is 15.4. The number of imidazole rings is 1. The molecule has 5 nitrogen and oxygen atoms in total. The largest absolute Gasteiger partial charge is 0.367 e. The average Bonchev–Trinajstić information content (AvgIpc) is 3.11. The standard InChI is InChI=1S/C19H18FN3O2/c1-25-18(14-5-3-2-4-6-14)19(24)22-12-17-21-11-16(23-17)13-7-9-15(20)10-8-13/h2-11,18H,12H2,1H3,(H,21,23)(H,22,24). The molecule has 0 bridgehead atoms. The van der Waals surface area contributed by atoms with Gasteiger partial charge in [-0.25, -0.2) is 9.37 Å². The molecule has 128 valence electrons. The predicted octanol–water partition coefficient (Wildman–Crippen LogP) is 3.22. The van der Waals surface area contributed by atoms with Crippen LogP contribution in [-0.4, -0.2) is 23.0 Å². The summed E-state index contributed by atoms with van der Waals surface area (Å²) in [4.78, 5) is 19.7. The molecule has 0 saturated carbocycles. The van der Waals surface area contributed by atoms with Crippen LogP contribution < -0.4 is 5.32 Å². The molecule has 6 heteroatoms. The zero-order valence-corrected chi connectivity index (χ0v) is 13.7. The highest BCUT2D eigenvalue weighted by atomic mass is 19.1. The summed E-state index contributed by atoms with van der Waals surface area (Å²) in [5.74, 6) is 0.0753. The Bertz CT molecular complexity index is 831. The molecule has 2 N–H and O–H groups in total. The van der Waals surface area contributed by atoms with Crippen molar-refractivity contribution in [2.24, 2.45) is 0 Å². The number of nitrogens with zero attached hydrogens (tertiary/aromatic N) is 1. The summed E-state index contributed by atoms with van der Waals surface area (Å²) in [7, 11) is 1.50. The molecule has 0 radical (unpaired) electrons. The Hall–Kier alpha value is -2.99. The maximum Gasteiger partial charge on any atom is 0.254 e. The van der Waals surface area contributed by atoms with Gasteiger partial charge in [0.15, 0.2) is 6.10 Å². The van der Waals surface area contributed by atoms with E-state index in [1.54, 1.807) is 18.3 Å². The highest BCUT2D eigenvalue weighted by Crippen LogP contribution is 2.18. The number of H-pyrrole nitrogens is 1. The van der Waals surface area contributed by atoms with Crippen molar-refractivity contribution in [2.45, 2.75) is 12.6 Å². The lowest BCUT2D eigenvalue weighted by Gasteiger charge is -2.15. The predicted molar refractivity (Wildman–Crippen MR) is 92.0 cm³/mol. The normalized spacial score (nSPS) is 11.9. The van der Waals surface area contributed by atoms with Gasteiger partial charge in [-0.1, -0.05) is 30.3 Å². The molecule has 3 rings (SSSR count). The third-order valence-electron chi connectivity index (χ3n) is 3.79. The number of nitrogens with one attached hydrogen (secondary N) is 2. The lowest BCUT2D eigenvalue weighted by molar-refractivity contribution is -0.131. The first-order valence-corrected chi connectivity index (χ1v) is 7.82. The van der Waals surface area contributed by atoms with Crippen molar-refractivity contribution >= 4 is 5.91 Å². The Morgan fingerprint density at radius 1 is 1.20 bits per heavy atom. The van der Waals surface area contributed by atoms with Crippen LogP contribution in [0.25, 0.3) is 11.3 Å². The van der Waals surface area contributed by atoms with Crippen molar-refractivity contribution < 1.29 is 13.9 Å². The average molecular weight is 339 g/mol. The SMILES string of the molecule is COC(C(=O)NCc1ncc(-c2ccc(F)cc2)[nH]1)c1ccccc1. The van der Waals surface area contributed by atoms with E-state index in [9.17, 15) is 9.18 Å². The van der Waals surface area contributed by atoms with E-state index in [0.717, 1.165) is 16.8 Å². The number of carbonyl (C=O) groups is 1. The third kappa shape index (κ3) is 4.10. The van der Waals surface area contributed by atoms with Crippen molar-refractivity contribution in [3.8, 4) is 11.3 Å². The number of rotatable bonds is 6. The highest BCUT2D eigenvalue weighted by molar-refractivity contribution is 5.82. The van der Waals surface area contributed by atoms with Gasteiger partial charge in [0.25, 0.3) is 5.91 Å². The molecule has 1 heterocycles. The smallest absolute Gasteiger partial charge is 0.254 e. The van der Waals surface area contributed by atoms with E-state index < -0.39 is 6.10 Å². The fourth-order valence-corrected chi connectivity index (χ4v) is 2.51. The van der Waals surface area contributed by atoms with Crippen molar-refractivity contribution in [1.29, 1.82) is 0 Å². The zero-order chi connectivity index (χ0) is 17.6. The molecule has 1 unspecified atom stereocenters. The minimum atomic E-state index is -0.673. The van der Waals surface area contributed by atoms with Gasteiger partial charge in [0.2, 0.25) is 0 Å². The van der Waals surface area contributed by atoms with Gasteiger partial charge < -0.3 is 15.0 Å². The summed E-state index contributed by atoms with van der Waals surface area (Å²) < 4.78 is 18.3. The molecular weight excluding hydrogens is 321 g/mol. The number of hydrogen-bond acceptors (Lipinski definition) is 3. The fraction of sp³-hybridized carbons (Fsp3) is 0.158. The second kappa shape index (κ2) is 7.72. The van der Waals surface area contributed by atoms with E-state index in [1.807, 2.05) is 30.3 Å². The van der Waals surface area contributed by atoms with Gasteiger partial charge >= 0.3 is 0 Å². The van der Waals surface area contributed by atoms with Gasteiger partial charge in [-0.2, -0.15) is 0 Å². The zero-order valence-electron chi connectivity index (χ0n) is 13.7. The first-order chi connectivity index (χ1) is 12.2. The van der Waals surface area contributed by atoms with Crippen LogP contribution >= 0.6 is 0 Å². The van der Waals surface area contributed by atoms with Crippen LogP contribution in [0.3, 0.4) is 0 Å². The molecule has 0 fully saturated rings. The molecule has 0 spiro atoms. The van der Waals surface area contributed by atoms with Crippen LogP contribution in [0.4, 0.5) is 4.39 Å². The maximum atomic E-state index is 13.0. The van der Waals surface area contributed by atoms with Crippen LogP contribution in [0, 0.1) is 5.82 Å². The third-order valence-corrected chi connectivity index (χ3v) is 3.79. The number of aromatic nitrogens is 2. The van der Waals surface area contributed by atoms with E-state index >= 15 is 0 Å². The Balaban J connectivity index is 1.63. The van der Waals surface area contributed by atoms with Crippen LogP contribution in [0.5, 0.6) is 0 Å². The Morgan fingerprint density at radius 3 is 2.60 bits per heavy atom. The number of aromatic amines is 1. The van der Waals surface area contributed by atoms with Crippen molar-refractivity contribution in [3.05, 3.63) is 78.0 Å². The summed E-state index contributed by atoms with van der Waals surface area (Å²) in [6.07, 6.45) is 0.979. The number of methoxy groups -OCH3 is 1. The number of benzene rings is 2. The van der Waals surface area contributed by atoms with E-state index in [2.05, 4.69) is 15.3 Å². The molecule has 0 aliphatic heterocycles. The Morgan fingerprint density at radius 2 is 1.92 bits per heavy atom. The molecule has 0 aliphatic carbocycles. The molecule has 1 amide bonds. The highest BCUT2D eigenvalue weighted by Gasteiger charge is 2.19. The van der Waals surface area contributed by atoms with Gasteiger partial charge in [-0.3, -0.25) is 4.79 Å². The number of hydrogen-bond donors (Lipinski definition) is 2. The summed E-state index contributed by atoms with van der Waals surface area (Å²) in [5.41, 5.74) is 2.37. The van der Waals surface area contributed by atoms with E-state index in [4.69, 9.17) is 4.74 Å². The van der Waals surface area contributed by atoms with Gasteiger partial charge in [-0.05, 0) is 35.4 Å². The molecule has 0 saturated heterocycles. The van der Waals surface area contributed by atoms with Crippen LogP contribution in [0.15, 0.2) is 60.8 Å². The molecule has 0 aliphatic rings. The van der Waals surface area contributed by atoms with Crippen molar-refractivity contribution in [1.82, 2.24) is 15.3 Å². The second-order valence-corrected chi connectivity index (χ2v) is 5.49. The van der Waals surface area contributed by atoms with Gasteiger partial charge in [0.05, 0.1) is 18.4 Å². The quantitative estimate of drug-likeness (QED) is 0.725. The number of ether oxygens (including phenoxy) is 1. The molecule has 3 aromatic rings. The minimum Gasteiger partial charge on any atom is -0.367 e. The fourth-order valence-electron chi connectivity index (χ4n) is 2.51. The van der Waals surface area contributed by atoms with Gasteiger partial charge in [-0.15, -0.1) is 0 Å². The lowest BCUT2D eigenvalue weighted by atomic mass is 10.1. The topological polar surface area (TPSA) is 67.0 Å². The van der Waals surface area contributed by atoms with Crippen LogP contribution in [0.2, 0.25) is 0 Å². The first-order valence-electron chi connectivity index (χ1n) is 7.82. The summed E-state index contributed by atoms with van der Waals surface area (Å²) >= 11 is 0. The molecular formula is C19H18FN3O2. The van der Waals surface area contributed by atoms with Gasteiger partial charge in [0, 0.05) is 7.11 Å². The van der Waals surface area contributed by atoms with Crippen molar-refractivity contribution in [2.75, 3.05) is 7.11 Å². The monoisotopic (exact) mass is 339 g/mol. The molecule has 2 aromatic carbocycles.